The molecule has 2 rings (SSSR count). The third kappa shape index (κ3) is 3.88. The summed E-state index contributed by atoms with van der Waals surface area (Å²) in [5, 5.41) is 4.26. The minimum atomic E-state index is -0.616. The zero-order valence-electron chi connectivity index (χ0n) is 13.5. The van der Waals surface area contributed by atoms with Crippen LogP contribution in [0.25, 0.3) is 0 Å². The van der Waals surface area contributed by atoms with Gasteiger partial charge in [-0.2, -0.15) is 0 Å². The molecule has 1 aromatic rings. The second-order valence-corrected chi connectivity index (χ2v) is 6.20. The van der Waals surface area contributed by atoms with Crippen LogP contribution in [0.5, 0.6) is 0 Å². The Kier molecular flexibility index (Phi) is 5.85. The number of nitrogens with two attached hydrogens (primary N) is 2. The molecule has 6 nitrogen and oxygen atoms in total. The fraction of sp³-hybridized carbons (Fsp3) is 0.312. The third-order valence-electron chi connectivity index (χ3n) is 3.84. The van der Waals surface area contributed by atoms with Crippen molar-refractivity contribution >= 4 is 29.2 Å². The number of carbonyl (C=O) groups is 1. The molecule has 0 fully saturated rings. The Balaban J connectivity index is 2.41. The van der Waals surface area contributed by atoms with E-state index in [9.17, 15) is 4.79 Å². The van der Waals surface area contributed by atoms with Crippen molar-refractivity contribution in [2.75, 3.05) is 20.2 Å². The molecular formula is C16H20Cl2N4O2. The first-order chi connectivity index (χ1) is 11.3. The molecule has 0 aromatic heterocycles. The number of nitrogens with one attached hydrogen (secondary N) is 1. The van der Waals surface area contributed by atoms with Gasteiger partial charge in [-0.05, 0) is 36.8 Å². The third-order valence-corrected chi connectivity index (χ3v) is 4.42. The standard InChI is InChI=1S/C16H20Cl2N4O2/c1-9(11-7-10(17)3-4-12(11)18)22-6-5-21-15(20)14(22)8-13(19)16(23)24-2/h3-4,7-9,21H,5-6,19-20H2,1-2H3/b13-8-. The van der Waals surface area contributed by atoms with E-state index in [0.717, 1.165) is 5.56 Å². The highest BCUT2D eigenvalue weighted by atomic mass is 35.5. The minimum Gasteiger partial charge on any atom is -0.464 e. The number of hydrogen-bond acceptors (Lipinski definition) is 6. The first kappa shape index (κ1) is 18.3. The number of rotatable bonds is 4. The first-order valence-corrected chi connectivity index (χ1v) is 8.11. The second-order valence-electron chi connectivity index (χ2n) is 5.35. The van der Waals surface area contributed by atoms with Crippen LogP contribution < -0.4 is 16.8 Å². The fourth-order valence-electron chi connectivity index (χ4n) is 2.57. The summed E-state index contributed by atoms with van der Waals surface area (Å²) in [5.41, 5.74) is 13.3. The van der Waals surface area contributed by atoms with Crippen LogP contribution in [-0.4, -0.2) is 31.1 Å². The van der Waals surface area contributed by atoms with Gasteiger partial charge in [-0.15, -0.1) is 0 Å². The molecule has 0 saturated carbocycles. The van der Waals surface area contributed by atoms with Crippen molar-refractivity contribution < 1.29 is 9.53 Å². The van der Waals surface area contributed by atoms with E-state index in [1.807, 2.05) is 17.9 Å². The number of halogens is 2. The van der Waals surface area contributed by atoms with Crippen LogP contribution >= 0.6 is 23.2 Å². The zero-order valence-corrected chi connectivity index (χ0v) is 15.0. The maximum Gasteiger partial charge on any atom is 0.353 e. The van der Waals surface area contributed by atoms with E-state index in [-0.39, 0.29) is 11.7 Å². The van der Waals surface area contributed by atoms with E-state index in [1.54, 1.807) is 12.1 Å². The quantitative estimate of drug-likeness (QED) is 0.555. The molecule has 8 heteroatoms. The molecule has 5 N–H and O–H groups in total. The molecule has 1 aliphatic heterocycles. The largest absolute Gasteiger partial charge is 0.464 e. The lowest BCUT2D eigenvalue weighted by Gasteiger charge is -2.37. The number of ether oxygens (including phenoxy) is 1. The van der Waals surface area contributed by atoms with Gasteiger partial charge in [0.1, 0.15) is 11.5 Å². The highest BCUT2D eigenvalue weighted by Crippen LogP contribution is 2.33. The van der Waals surface area contributed by atoms with Crippen LogP contribution in [0, 0.1) is 0 Å². The first-order valence-electron chi connectivity index (χ1n) is 7.35. The van der Waals surface area contributed by atoms with Crippen LogP contribution in [0.1, 0.15) is 18.5 Å². The second kappa shape index (κ2) is 7.68. The van der Waals surface area contributed by atoms with Crippen molar-refractivity contribution in [3.05, 3.63) is 57.1 Å². The average molecular weight is 371 g/mol. The van der Waals surface area contributed by atoms with E-state index in [0.29, 0.717) is 34.7 Å². The van der Waals surface area contributed by atoms with E-state index in [2.05, 4.69) is 10.1 Å². The Hall–Kier alpha value is -2.05. The van der Waals surface area contributed by atoms with Crippen molar-refractivity contribution in [3.8, 4) is 0 Å². The van der Waals surface area contributed by atoms with Gasteiger partial charge in [-0.1, -0.05) is 23.2 Å². The highest BCUT2D eigenvalue weighted by Gasteiger charge is 2.25. The molecular weight excluding hydrogens is 351 g/mol. The van der Waals surface area contributed by atoms with E-state index in [1.165, 1.54) is 13.2 Å². The Morgan fingerprint density at radius 3 is 2.83 bits per heavy atom. The minimum absolute atomic E-state index is 0.0338. The molecule has 1 aliphatic rings. The van der Waals surface area contributed by atoms with Crippen LogP contribution in [0.15, 0.2) is 41.5 Å². The summed E-state index contributed by atoms with van der Waals surface area (Å²) in [6.45, 7) is 3.30. The van der Waals surface area contributed by atoms with E-state index >= 15 is 0 Å². The fourth-order valence-corrected chi connectivity index (χ4v) is 3.02. The van der Waals surface area contributed by atoms with E-state index in [4.69, 9.17) is 34.7 Å². The Bertz CT molecular complexity index is 703. The molecule has 1 atom stereocenters. The maximum atomic E-state index is 11.6. The van der Waals surface area contributed by atoms with E-state index < -0.39 is 5.97 Å². The van der Waals surface area contributed by atoms with Crippen molar-refractivity contribution in [1.29, 1.82) is 0 Å². The van der Waals surface area contributed by atoms with Crippen LogP contribution in [0.4, 0.5) is 0 Å². The number of nitrogens with zero attached hydrogens (tertiary/aromatic N) is 1. The van der Waals surface area contributed by atoms with Gasteiger partial charge in [0, 0.05) is 23.1 Å². The number of carbonyl (C=O) groups excluding carboxylic acids is 1. The predicted octanol–water partition coefficient (Wildman–Crippen LogP) is 2.10. The van der Waals surface area contributed by atoms with Crippen molar-refractivity contribution in [2.24, 2.45) is 11.5 Å². The van der Waals surface area contributed by atoms with Gasteiger partial charge in [0.05, 0.1) is 18.8 Å². The summed E-state index contributed by atoms with van der Waals surface area (Å²) < 4.78 is 4.63. The Morgan fingerprint density at radius 1 is 1.46 bits per heavy atom. The van der Waals surface area contributed by atoms with Gasteiger partial charge in [-0.25, -0.2) is 4.79 Å². The molecule has 0 aliphatic carbocycles. The van der Waals surface area contributed by atoms with Gasteiger partial charge in [0.2, 0.25) is 0 Å². The molecule has 0 bridgehead atoms. The van der Waals surface area contributed by atoms with Crippen molar-refractivity contribution in [1.82, 2.24) is 10.2 Å². The number of methoxy groups -OCH3 is 1. The van der Waals surface area contributed by atoms with Gasteiger partial charge in [-0.3, -0.25) is 0 Å². The summed E-state index contributed by atoms with van der Waals surface area (Å²) in [7, 11) is 1.27. The summed E-state index contributed by atoms with van der Waals surface area (Å²) >= 11 is 12.4. The summed E-state index contributed by atoms with van der Waals surface area (Å²) in [5.74, 6) is -0.188. The summed E-state index contributed by atoms with van der Waals surface area (Å²) in [4.78, 5) is 13.6. The maximum absolute atomic E-state index is 11.6. The molecule has 130 valence electrons. The Morgan fingerprint density at radius 2 is 2.17 bits per heavy atom. The van der Waals surface area contributed by atoms with Crippen molar-refractivity contribution in [2.45, 2.75) is 13.0 Å². The average Bonchev–Trinajstić information content (AvgIpc) is 2.57. The smallest absolute Gasteiger partial charge is 0.353 e. The van der Waals surface area contributed by atoms with Crippen LogP contribution in [0.3, 0.4) is 0 Å². The van der Waals surface area contributed by atoms with Crippen molar-refractivity contribution in [3.63, 3.8) is 0 Å². The molecule has 1 aromatic carbocycles. The Labute approximate surface area is 151 Å². The summed E-state index contributed by atoms with van der Waals surface area (Å²) in [6.07, 6.45) is 1.50. The lowest BCUT2D eigenvalue weighted by atomic mass is 10.0. The van der Waals surface area contributed by atoms with Gasteiger partial charge in [0.15, 0.2) is 0 Å². The summed E-state index contributed by atoms with van der Waals surface area (Å²) in [6, 6.07) is 5.19. The molecule has 0 radical (unpaired) electrons. The highest BCUT2D eigenvalue weighted by molar-refractivity contribution is 6.33. The van der Waals surface area contributed by atoms with Crippen LogP contribution in [0.2, 0.25) is 10.0 Å². The number of esters is 1. The SMILES string of the molecule is COC(=O)/C(N)=C/C1=C(N)NCCN1C(C)c1cc(Cl)ccc1Cl. The molecule has 0 amide bonds. The molecule has 0 spiro atoms. The monoisotopic (exact) mass is 370 g/mol. The predicted molar refractivity (Wildman–Crippen MR) is 95.1 cm³/mol. The number of allylic oxidation sites excluding steroid dienone is 1. The lowest BCUT2D eigenvalue weighted by molar-refractivity contribution is -0.136. The normalized spacial score (nSPS) is 16.7. The topological polar surface area (TPSA) is 93.6 Å². The molecule has 24 heavy (non-hydrogen) atoms. The molecule has 0 saturated heterocycles. The lowest BCUT2D eigenvalue weighted by Crippen LogP contribution is -2.42. The zero-order chi connectivity index (χ0) is 17.9. The van der Waals surface area contributed by atoms with Gasteiger partial charge in [0.25, 0.3) is 0 Å². The number of hydrogen-bond donors (Lipinski definition) is 3. The number of benzene rings is 1. The van der Waals surface area contributed by atoms with Gasteiger partial charge >= 0.3 is 5.97 Å². The van der Waals surface area contributed by atoms with Crippen LogP contribution in [-0.2, 0) is 9.53 Å². The van der Waals surface area contributed by atoms with Gasteiger partial charge < -0.3 is 26.4 Å². The molecule has 1 heterocycles. The molecule has 1 unspecified atom stereocenters.